The van der Waals surface area contributed by atoms with E-state index in [1.165, 1.54) is 4.90 Å². The summed E-state index contributed by atoms with van der Waals surface area (Å²) in [6.45, 7) is 1.92. The van der Waals surface area contributed by atoms with Crippen LogP contribution in [0.2, 0.25) is 5.02 Å². The van der Waals surface area contributed by atoms with Crippen molar-refractivity contribution in [2.75, 3.05) is 25.1 Å². The van der Waals surface area contributed by atoms with Crippen molar-refractivity contribution in [3.8, 4) is 0 Å². The molecule has 1 amide bonds. The molecule has 2 aromatic rings. The zero-order chi connectivity index (χ0) is 15.6. The number of carbonyl (C=O) groups excluding carboxylic acids is 1. The summed E-state index contributed by atoms with van der Waals surface area (Å²) < 4.78 is 0. The molecule has 21 heavy (non-hydrogen) atoms. The minimum atomic E-state index is -0.0859. The van der Waals surface area contributed by atoms with Crippen LogP contribution in [0.1, 0.15) is 15.9 Å². The van der Waals surface area contributed by atoms with Crippen LogP contribution in [0.15, 0.2) is 36.4 Å². The van der Waals surface area contributed by atoms with Gasteiger partial charge in [0.1, 0.15) is 0 Å². The van der Waals surface area contributed by atoms with Gasteiger partial charge in [0.15, 0.2) is 0 Å². The average molecular weight is 304 g/mol. The van der Waals surface area contributed by atoms with Gasteiger partial charge in [-0.15, -0.1) is 0 Å². The first kappa shape index (κ1) is 15.2. The Balaban J connectivity index is 2.46. The lowest BCUT2D eigenvalue weighted by atomic mass is 10.1. The van der Waals surface area contributed by atoms with Crippen LogP contribution in [0.4, 0.5) is 17.1 Å². The molecule has 5 heteroatoms. The third kappa shape index (κ3) is 3.28. The molecule has 0 aliphatic rings. The quantitative estimate of drug-likeness (QED) is 0.850. The highest BCUT2D eigenvalue weighted by Gasteiger charge is 2.14. The highest BCUT2D eigenvalue weighted by molar-refractivity contribution is 6.31. The molecule has 0 atom stereocenters. The molecule has 0 saturated carbocycles. The molecule has 0 aliphatic carbocycles. The number of nitrogens with two attached hydrogens (primary N) is 1. The molecular weight excluding hydrogens is 286 g/mol. The Morgan fingerprint density at radius 2 is 1.90 bits per heavy atom. The largest absolute Gasteiger partial charge is 0.399 e. The lowest BCUT2D eigenvalue weighted by molar-refractivity contribution is 0.0828. The topological polar surface area (TPSA) is 58.4 Å². The highest BCUT2D eigenvalue weighted by atomic mass is 35.5. The first-order valence-electron chi connectivity index (χ1n) is 6.53. The molecule has 0 aromatic heterocycles. The smallest absolute Gasteiger partial charge is 0.255 e. The SMILES string of the molecule is Cc1c(Cl)cccc1Nc1cc(N)ccc1C(=O)N(C)C. The van der Waals surface area contributed by atoms with Crippen LogP contribution in [-0.4, -0.2) is 24.9 Å². The van der Waals surface area contributed by atoms with Crippen LogP contribution in [0.25, 0.3) is 0 Å². The highest BCUT2D eigenvalue weighted by Crippen LogP contribution is 2.29. The van der Waals surface area contributed by atoms with Gasteiger partial charge in [-0.25, -0.2) is 0 Å². The molecule has 0 unspecified atom stereocenters. The normalized spacial score (nSPS) is 10.3. The molecule has 2 aromatic carbocycles. The number of nitrogens with one attached hydrogen (secondary N) is 1. The van der Waals surface area contributed by atoms with E-state index in [1.54, 1.807) is 32.3 Å². The summed E-state index contributed by atoms with van der Waals surface area (Å²) in [4.78, 5) is 13.8. The van der Waals surface area contributed by atoms with Crippen LogP contribution in [-0.2, 0) is 0 Å². The minimum absolute atomic E-state index is 0.0859. The zero-order valence-corrected chi connectivity index (χ0v) is 13.0. The van der Waals surface area contributed by atoms with Crippen LogP contribution in [0, 0.1) is 6.92 Å². The lowest BCUT2D eigenvalue weighted by Gasteiger charge is -2.17. The van der Waals surface area contributed by atoms with E-state index in [0.717, 1.165) is 11.3 Å². The third-order valence-corrected chi connectivity index (χ3v) is 3.63. The Labute approximate surface area is 129 Å². The fourth-order valence-electron chi connectivity index (χ4n) is 1.98. The Morgan fingerprint density at radius 1 is 1.19 bits per heavy atom. The van der Waals surface area contributed by atoms with E-state index >= 15 is 0 Å². The van der Waals surface area contributed by atoms with Gasteiger partial charge in [0, 0.05) is 30.5 Å². The summed E-state index contributed by atoms with van der Waals surface area (Å²) in [5, 5.41) is 3.92. The van der Waals surface area contributed by atoms with Crippen molar-refractivity contribution < 1.29 is 4.79 Å². The first-order valence-corrected chi connectivity index (χ1v) is 6.91. The van der Waals surface area contributed by atoms with Crippen molar-refractivity contribution in [1.29, 1.82) is 0 Å². The predicted molar refractivity (Wildman–Crippen MR) is 88.3 cm³/mol. The number of halogens is 1. The van der Waals surface area contributed by atoms with Gasteiger partial charge in [-0.2, -0.15) is 0 Å². The van der Waals surface area contributed by atoms with E-state index in [2.05, 4.69) is 5.32 Å². The van der Waals surface area contributed by atoms with Gasteiger partial charge in [0.05, 0.1) is 11.3 Å². The first-order chi connectivity index (χ1) is 9.90. The van der Waals surface area contributed by atoms with Gasteiger partial charge in [0.25, 0.3) is 5.91 Å². The Morgan fingerprint density at radius 3 is 2.57 bits per heavy atom. The van der Waals surface area contributed by atoms with Gasteiger partial charge in [0.2, 0.25) is 0 Å². The van der Waals surface area contributed by atoms with E-state index in [9.17, 15) is 4.79 Å². The maximum Gasteiger partial charge on any atom is 0.255 e. The number of nitrogens with zero attached hydrogens (tertiary/aromatic N) is 1. The molecule has 0 radical (unpaired) electrons. The van der Waals surface area contributed by atoms with E-state index < -0.39 is 0 Å². The van der Waals surface area contributed by atoms with Crippen LogP contribution in [0.5, 0.6) is 0 Å². The van der Waals surface area contributed by atoms with Crippen molar-refractivity contribution in [1.82, 2.24) is 4.90 Å². The fraction of sp³-hybridized carbons (Fsp3) is 0.188. The van der Waals surface area contributed by atoms with Crippen LogP contribution in [0.3, 0.4) is 0 Å². The van der Waals surface area contributed by atoms with E-state index in [1.807, 2.05) is 25.1 Å². The summed E-state index contributed by atoms with van der Waals surface area (Å²) in [5.41, 5.74) is 9.42. The summed E-state index contributed by atoms with van der Waals surface area (Å²) in [6, 6.07) is 10.8. The Hall–Kier alpha value is -2.20. The van der Waals surface area contributed by atoms with Gasteiger partial charge in [-0.3, -0.25) is 4.79 Å². The second-order valence-electron chi connectivity index (χ2n) is 5.04. The van der Waals surface area contributed by atoms with Gasteiger partial charge in [-0.05, 0) is 42.8 Å². The summed E-state index contributed by atoms with van der Waals surface area (Å²) in [7, 11) is 3.43. The molecule has 0 heterocycles. The molecular formula is C16H18ClN3O. The minimum Gasteiger partial charge on any atom is -0.399 e. The Kier molecular flexibility index (Phi) is 4.38. The predicted octanol–water partition coefficient (Wildman–Crippen LogP) is 3.68. The van der Waals surface area contributed by atoms with Crippen LogP contribution < -0.4 is 11.1 Å². The van der Waals surface area contributed by atoms with Gasteiger partial charge >= 0.3 is 0 Å². The maximum absolute atomic E-state index is 12.2. The molecule has 2 rings (SSSR count). The summed E-state index contributed by atoms with van der Waals surface area (Å²) in [5.74, 6) is -0.0859. The van der Waals surface area contributed by atoms with Crippen molar-refractivity contribution in [3.63, 3.8) is 0 Å². The zero-order valence-electron chi connectivity index (χ0n) is 12.3. The van der Waals surface area contributed by atoms with Gasteiger partial charge in [-0.1, -0.05) is 17.7 Å². The number of anilines is 3. The number of nitrogen functional groups attached to an aromatic ring is 1. The molecule has 0 fully saturated rings. The molecule has 4 nitrogen and oxygen atoms in total. The van der Waals surface area contributed by atoms with Crippen molar-refractivity contribution in [2.24, 2.45) is 0 Å². The number of rotatable bonds is 3. The maximum atomic E-state index is 12.2. The molecule has 0 spiro atoms. The molecule has 0 saturated heterocycles. The molecule has 110 valence electrons. The summed E-state index contributed by atoms with van der Waals surface area (Å²) in [6.07, 6.45) is 0. The van der Waals surface area contributed by atoms with Crippen molar-refractivity contribution in [3.05, 3.63) is 52.5 Å². The third-order valence-electron chi connectivity index (χ3n) is 3.22. The van der Waals surface area contributed by atoms with E-state index in [4.69, 9.17) is 17.3 Å². The second-order valence-corrected chi connectivity index (χ2v) is 5.45. The second kappa shape index (κ2) is 6.06. The number of amides is 1. The van der Waals surface area contributed by atoms with Gasteiger partial charge < -0.3 is 16.0 Å². The average Bonchev–Trinajstić information content (AvgIpc) is 2.43. The monoisotopic (exact) mass is 303 g/mol. The van der Waals surface area contributed by atoms with Crippen molar-refractivity contribution in [2.45, 2.75) is 6.92 Å². The van der Waals surface area contributed by atoms with E-state index in [-0.39, 0.29) is 5.91 Å². The number of carbonyl (C=O) groups is 1. The summed E-state index contributed by atoms with van der Waals surface area (Å²) >= 11 is 6.12. The van der Waals surface area contributed by atoms with E-state index in [0.29, 0.717) is 22.0 Å². The molecule has 3 N–H and O–H groups in total. The number of hydrogen-bond acceptors (Lipinski definition) is 3. The molecule has 0 aliphatic heterocycles. The number of hydrogen-bond donors (Lipinski definition) is 2. The van der Waals surface area contributed by atoms with Crippen molar-refractivity contribution >= 4 is 34.6 Å². The standard InChI is InChI=1S/C16H18ClN3O/c1-10-13(17)5-4-6-14(10)19-15-9-11(18)7-8-12(15)16(21)20(2)3/h4-9,19H,18H2,1-3H3. The number of benzene rings is 2. The van der Waals surface area contributed by atoms with Crippen LogP contribution >= 0.6 is 11.6 Å². The fourth-order valence-corrected chi connectivity index (χ4v) is 2.16. The lowest BCUT2D eigenvalue weighted by Crippen LogP contribution is -2.22. The Bertz CT molecular complexity index is 683. The molecule has 0 bridgehead atoms.